The molecular weight excluding hydrogens is 346 g/mol. The van der Waals surface area contributed by atoms with Gasteiger partial charge in [0.1, 0.15) is 0 Å². The third-order valence-electron chi connectivity index (χ3n) is 3.96. The second-order valence-corrected chi connectivity index (χ2v) is 6.82. The Kier molecular flexibility index (Phi) is 7.34. The van der Waals surface area contributed by atoms with E-state index in [1.807, 2.05) is 45.9 Å². The molecule has 0 spiro atoms. The molecule has 27 heavy (non-hydrogen) atoms. The van der Waals surface area contributed by atoms with Gasteiger partial charge in [0.25, 0.3) is 5.91 Å². The van der Waals surface area contributed by atoms with Crippen LogP contribution in [0.2, 0.25) is 0 Å². The van der Waals surface area contributed by atoms with E-state index < -0.39 is 0 Å². The summed E-state index contributed by atoms with van der Waals surface area (Å²) in [6.07, 6.45) is 1.34. The average molecular weight is 373 g/mol. The molecule has 2 aromatic rings. The Morgan fingerprint density at radius 2 is 1.89 bits per heavy atom. The van der Waals surface area contributed by atoms with Gasteiger partial charge in [-0.15, -0.1) is 0 Å². The number of hydrazine groups is 1. The number of rotatable bonds is 8. The maximum atomic E-state index is 11.8. The number of hydrogen-bond donors (Lipinski definition) is 3. The van der Waals surface area contributed by atoms with Gasteiger partial charge in [0.05, 0.1) is 6.54 Å². The second kappa shape index (κ2) is 9.70. The van der Waals surface area contributed by atoms with E-state index in [2.05, 4.69) is 26.3 Å². The lowest BCUT2D eigenvalue weighted by Gasteiger charge is -2.11. The minimum Gasteiger partial charge on any atom is -0.376 e. The molecule has 0 radical (unpaired) electrons. The normalized spacial score (nSPS) is 10.7. The van der Waals surface area contributed by atoms with Crippen LogP contribution < -0.4 is 16.2 Å². The summed E-state index contributed by atoms with van der Waals surface area (Å²) >= 11 is 0. The van der Waals surface area contributed by atoms with Crippen LogP contribution in [0.25, 0.3) is 0 Å². The molecule has 2 rings (SSSR count). The van der Waals surface area contributed by atoms with Gasteiger partial charge in [-0.25, -0.2) is 0 Å². The molecule has 0 fully saturated rings. The van der Waals surface area contributed by atoms with Gasteiger partial charge >= 0.3 is 0 Å². The minimum absolute atomic E-state index is 0.0736. The molecular formula is C19H27N5O3. The van der Waals surface area contributed by atoms with Crippen LogP contribution in [0, 0.1) is 13.8 Å². The predicted octanol–water partition coefficient (Wildman–Crippen LogP) is 2.39. The summed E-state index contributed by atoms with van der Waals surface area (Å²) in [4.78, 5) is 27.9. The SMILES string of the molecule is Cc1ccc(NCC(=O)NNC(=O)CCCc2nc(C(C)C)no2)c(C)c1. The number of carbonyl (C=O) groups excluding carboxylic acids is 2. The standard InChI is InChI=1S/C19H27N5O3/c1-12(2)19-21-18(27-24-19)7-5-6-16(25)22-23-17(26)11-20-15-9-8-13(3)10-14(15)4/h8-10,12,20H,5-7,11H2,1-4H3,(H,22,25)(H,23,26). The molecule has 8 nitrogen and oxygen atoms in total. The fourth-order valence-corrected chi connectivity index (χ4v) is 2.44. The highest BCUT2D eigenvalue weighted by Gasteiger charge is 2.11. The highest BCUT2D eigenvalue weighted by atomic mass is 16.5. The van der Waals surface area contributed by atoms with Crippen LogP contribution in [0.15, 0.2) is 22.7 Å². The Balaban J connectivity index is 1.63. The smallest absolute Gasteiger partial charge is 0.257 e. The van der Waals surface area contributed by atoms with Gasteiger partial charge < -0.3 is 9.84 Å². The summed E-state index contributed by atoms with van der Waals surface area (Å²) in [6, 6.07) is 5.94. The van der Waals surface area contributed by atoms with Crippen LogP contribution >= 0.6 is 0 Å². The first-order chi connectivity index (χ1) is 12.8. The monoisotopic (exact) mass is 373 g/mol. The van der Waals surface area contributed by atoms with Gasteiger partial charge in [-0.2, -0.15) is 4.98 Å². The Morgan fingerprint density at radius 3 is 2.56 bits per heavy atom. The first-order valence-corrected chi connectivity index (χ1v) is 9.06. The summed E-state index contributed by atoms with van der Waals surface area (Å²) in [5.41, 5.74) is 7.92. The summed E-state index contributed by atoms with van der Waals surface area (Å²) in [6.45, 7) is 8.03. The Hall–Kier alpha value is -2.90. The van der Waals surface area contributed by atoms with Gasteiger partial charge in [-0.3, -0.25) is 20.4 Å². The van der Waals surface area contributed by atoms with Crippen LogP contribution in [0.5, 0.6) is 0 Å². The number of nitrogens with zero attached hydrogens (tertiary/aromatic N) is 2. The second-order valence-electron chi connectivity index (χ2n) is 6.82. The van der Waals surface area contributed by atoms with Crippen LogP contribution in [-0.2, 0) is 16.0 Å². The van der Waals surface area contributed by atoms with E-state index in [0.717, 1.165) is 16.8 Å². The number of aromatic nitrogens is 2. The molecule has 0 bridgehead atoms. The van der Waals surface area contributed by atoms with E-state index in [9.17, 15) is 9.59 Å². The van der Waals surface area contributed by atoms with Gasteiger partial charge in [-0.1, -0.05) is 36.7 Å². The molecule has 146 valence electrons. The molecule has 1 aromatic heterocycles. The molecule has 0 aliphatic heterocycles. The van der Waals surface area contributed by atoms with Crippen molar-refractivity contribution in [3.05, 3.63) is 41.0 Å². The van der Waals surface area contributed by atoms with Crippen molar-refractivity contribution in [2.24, 2.45) is 0 Å². The predicted molar refractivity (Wildman–Crippen MR) is 102 cm³/mol. The molecule has 0 aliphatic carbocycles. The van der Waals surface area contributed by atoms with Crippen LogP contribution in [-0.4, -0.2) is 28.5 Å². The fraction of sp³-hybridized carbons (Fsp3) is 0.474. The molecule has 0 saturated heterocycles. The van der Waals surface area contributed by atoms with E-state index in [0.29, 0.717) is 24.6 Å². The highest BCUT2D eigenvalue weighted by molar-refractivity contribution is 5.84. The van der Waals surface area contributed by atoms with Crippen molar-refractivity contribution in [3.8, 4) is 0 Å². The van der Waals surface area contributed by atoms with Crippen molar-refractivity contribution in [2.45, 2.75) is 52.9 Å². The quantitative estimate of drug-likeness (QED) is 0.613. The summed E-state index contributed by atoms with van der Waals surface area (Å²) in [5.74, 6) is 0.810. The van der Waals surface area contributed by atoms with Crippen LogP contribution in [0.1, 0.15) is 55.4 Å². The van der Waals surface area contributed by atoms with Crippen LogP contribution in [0.3, 0.4) is 0 Å². The molecule has 0 atom stereocenters. The number of anilines is 1. The molecule has 1 aromatic carbocycles. The lowest BCUT2D eigenvalue weighted by atomic mass is 10.1. The van der Waals surface area contributed by atoms with Crippen molar-refractivity contribution in [3.63, 3.8) is 0 Å². The lowest BCUT2D eigenvalue weighted by molar-refractivity contribution is -0.128. The van der Waals surface area contributed by atoms with Crippen molar-refractivity contribution in [2.75, 3.05) is 11.9 Å². The van der Waals surface area contributed by atoms with E-state index in [1.165, 1.54) is 0 Å². The molecule has 0 aliphatic rings. The first kappa shape index (κ1) is 20.4. The molecule has 0 unspecified atom stereocenters. The molecule has 3 N–H and O–H groups in total. The Labute approximate surface area is 159 Å². The van der Waals surface area contributed by atoms with Crippen molar-refractivity contribution in [1.82, 2.24) is 21.0 Å². The minimum atomic E-state index is -0.318. The fourth-order valence-electron chi connectivity index (χ4n) is 2.44. The molecule has 8 heteroatoms. The van der Waals surface area contributed by atoms with E-state index in [-0.39, 0.29) is 30.7 Å². The zero-order chi connectivity index (χ0) is 19.8. The number of carbonyl (C=O) groups is 2. The highest BCUT2D eigenvalue weighted by Crippen LogP contribution is 2.15. The van der Waals surface area contributed by atoms with Crippen LogP contribution in [0.4, 0.5) is 5.69 Å². The lowest BCUT2D eigenvalue weighted by Crippen LogP contribution is -2.44. The molecule has 0 saturated carbocycles. The zero-order valence-corrected chi connectivity index (χ0v) is 16.3. The first-order valence-electron chi connectivity index (χ1n) is 9.06. The molecule has 1 heterocycles. The number of nitrogens with one attached hydrogen (secondary N) is 3. The zero-order valence-electron chi connectivity index (χ0n) is 16.3. The summed E-state index contributed by atoms with van der Waals surface area (Å²) in [5, 5.41) is 6.93. The third kappa shape index (κ3) is 6.73. The largest absolute Gasteiger partial charge is 0.376 e. The Morgan fingerprint density at radius 1 is 1.15 bits per heavy atom. The summed E-state index contributed by atoms with van der Waals surface area (Å²) in [7, 11) is 0. The van der Waals surface area contributed by atoms with Crippen molar-refractivity contribution >= 4 is 17.5 Å². The maximum Gasteiger partial charge on any atom is 0.257 e. The molecule has 2 amide bonds. The van der Waals surface area contributed by atoms with E-state index in [4.69, 9.17) is 4.52 Å². The van der Waals surface area contributed by atoms with Crippen molar-refractivity contribution in [1.29, 1.82) is 0 Å². The average Bonchev–Trinajstić information content (AvgIpc) is 3.08. The number of hydrogen-bond acceptors (Lipinski definition) is 6. The van der Waals surface area contributed by atoms with E-state index in [1.54, 1.807) is 0 Å². The van der Waals surface area contributed by atoms with E-state index >= 15 is 0 Å². The van der Waals surface area contributed by atoms with Crippen molar-refractivity contribution < 1.29 is 14.1 Å². The topological polar surface area (TPSA) is 109 Å². The number of aryl methyl sites for hydroxylation is 3. The number of amides is 2. The van der Waals surface area contributed by atoms with Gasteiger partial charge in [0.2, 0.25) is 11.8 Å². The van der Waals surface area contributed by atoms with Gasteiger partial charge in [0, 0.05) is 24.4 Å². The third-order valence-corrected chi connectivity index (χ3v) is 3.96. The Bertz CT molecular complexity index is 785. The number of benzene rings is 1. The summed E-state index contributed by atoms with van der Waals surface area (Å²) < 4.78 is 5.13. The maximum absolute atomic E-state index is 11.8. The van der Waals surface area contributed by atoms with Gasteiger partial charge in [0.15, 0.2) is 5.82 Å². The van der Waals surface area contributed by atoms with Gasteiger partial charge in [-0.05, 0) is 31.9 Å².